The second kappa shape index (κ2) is 6.81. The SMILES string of the molecule is C=CCCCNC(C)c1ccc(C#N)cc1. The van der Waals surface area contributed by atoms with E-state index in [-0.39, 0.29) is 0 Å². The van der Waals surface area contributed by atoms with E-state index in [9.17, 15) is 0 Å². The highest BCUT2D eigenvalue weighted by molar-refractivity contribution is 5.32. The first-order valence-corrected chi connectivity index (χ1v) is 5.62. The van der Waals surface area contributed by atoms with Gasteiger partial charge >= 0.3 is 0 Å². The van der Waals surface area contributed by atoms with Gasteiger partial charge in [0, 0.05) is 6.04 Å². The Morgan fingerprint density at radius 2 is 2.12 bits per heavy atom. The normalized spacial score (nSPS) is 11.8. The van der Waals surface area contributed by atoms with E-state index in [1.165, 1.54) is 5.56 Å². The van der Waals surface area contributed by atoms with Gasteiger partial charge in [-0.05, 0) is 44.0 Å². The van der Waals surface area contributed by atoms with Gasteiger partial charge < -0.3 is 5.32 Å². The lowest BCUT2D eigenvalue weighted by Crippen LogP contribution is -2.19. The van der Waals surface area contributed by atoms with Crippen LogP contribution >= 0.6 is 0 Å². The number of unbranched alkanes of at least 4 members (excludes halogenated alkanes) is 1. The lowest BCUT2D eigenvalue weighted by atomic mass is 10.1. The van der Waals surface area contributed by atoms with Gasteiger partial charge in [-0.1, -0.05) is 18.2 Å². The molecule has 16 heavy (non-hydrogen) atoms. The molecule has 0 aliphatic heterocycles. The minimum absolute atomic E-state index is 0.331. The molecule has 2 nitrogen and oxygen atoms in total. The number of rotatable bonds is 6. The molecule has 0 spiro atoms. The van der Waals surface area contributed by atoms with E-state index in [1.54, 1.807) is 0 Å². The maximum atomic E-state index is 8.69. The van der Waals surface area contributed by atoms with Crippen LogP contribution in [0.25, 0.3) is 0 Å². The molecule has 0 saturated carbocycles. The van der Waals surface area contributed by atoms with E-state index < -0.39 is 0 Å². The Balaban J connectivity index is 2.43. The number of hydrogen-bond acceptors (Lipinski definition) is 2. The number of nitrogens with zero attached hydrogens (tertiary/aromatic N) is 1. The van der Waals surface area contributed by atoms with Crippen LogP contribution in [0.2, 0.25) is 0 Å². The van der Waals surface area contributed by atoms with Crippen molar-refractivity contribution in [2.75, 3.05) is 6.54 Å². The molecule has 0 heterocycles. The Hall–Kier alpha value is -1.59. The molecule has 2 heteroatoms. The molecule has 1 atom stereocenters. The lowest BCUT2D eigenvalue weighted by Gasteiger charge is -2.13. The van der Waals surface area contributed by atoms with Gasteiger partial charge in [-0.25, -0.2) is 0 Å². The van der Waals surface area contributed by atoms with Crippen LogP contribution in [0.1, 0.15) is 36.9 Å². The fraction of sp³-hybridized carbons (Fsp3) is 0.357. The summed E-state index contributed by atoms with van der Waals surface area (Å²) in [6.07, 6.45) is 4.10. The smallest absolute Gasteiger partial charge is 0.0991 e. The minimum Gasteiger partial charge on any atom is -0.310 e. The number of nitrogens with one attached hydrogen (secondary N) is 1. The van der Waals surface area contributed by atoms with Crippen molar-refractivity contribution in [2.24, 2.45) is 0 Å². The van der Waals surface area contributed by atoms with Crippen LogP contribution < -0.4 is 5.32 Å². The Bertz CT molecular complexity index is 359. The first kappa shape index (κ1) is 12.5. The van der Waals surface area contributed by atoms with Crippen molar-refractivity contribution in [2.45, 2.75) is 25.8 Å². The van der Waals surface area contributed by atoms with E-state index in [4.69, 9.17) is 5.26 Å². The molecule has 0 radical (unpaired) electrons. The zero-order chi connectivity index (χ0) is 11.8. The summed E-state index contributed by atoms with van der Waals surface area (Å²) in [6.45, 7) is 6.82. The van der Waals surface area contributed by atoms with Gasteiger partial charge in [0.05, 0.1) is 11.6 Å². The van der Waals surface area contributed by atoms with Gasteiger partial charge in [0.25, 0.3) is 0 Å². The molecule has 0 amide bonds. The Morgan fingerprint density at radius 1 is 1.44 bits per heavy atom. The molecule has 0 saturated heterocycles. The van der Waals surface area contributed by atoms with Crippen LogP contribution in [-0.2, 0) is 0 Å². The summed E-state index contributed by atoms with van der Waals surface area (Å²) in [4.78, 5) is 0. The maximum Gasteiger partial charge on any atom is 0.0991 e. The number of benzene rings is 1. The monoisotopic (exact) mass is 214 g/mol. The van der Waals surface area contributed by atoms with Crippen molar-refractivity contribution in [3.8, 4) is 6.07 Å². The highest BCUT2D eigenvalue weighted by Crippen LogP contribution is 2.12. The third-order valence-electron chi connectivity index (χ3n) is 2.58. The molecule has 1 aromatic carbocycles. The van der Waals surface area contributed by atoms with Gasteiger partial charge in [-0.15, -0.1) is 6.58 Å². The van der Waals surface area contributed by atoms with Crippen LogP contribution in [0.5, 0.6) is 0 Å². The van der Waals surface area contributed by atoms with Gasteiger partial charge in [0.2, 0.25) is 0 Å². The van der Waals surface area contributed by atoms with Crippen molar-refractivity contribution in [1.29, 1.82) is 5.26 Å². The molecular formula is C14H18N2. The fourth-order valence-corrected chi connectivity index (χ4v) is 1.53. The fourth-order valence-electron chi connectivity index (χ4n) is 1.53. The standard InChI is InChI=1S/C14H18N2/c1-3-4-5-10-16-12(2)14-8-6-13(11-15)7-9-14/h3,6-9,12,16H,1,4-5,10H2,2H3. The summed E-state index contributed by atoms with van der Waals surface area (Å²) in [5.74, 6) is 0. The van der Waals surface area contributed by atoms with Crippen LogP contribution in [0.4, 0.5) is 0 Å². The van der Waals surface area contributed by atoms with E-state index in [2.05, 4.69) is 24.9 Å². The predicted molar refractivity (Wildman–Crippen MR) is 67.0 cm³/mol. The third-order valence-corrected chi connectivity index (χ3v) is 2.58. The molecule has 0 aliphatic carbocycles. The first-order valence-electron chi connectivity index (χ1n) is 5.62. The van der Waals surface area contributed by atoms with Gasteiger partial charge in [-0.2, -0.15) is 5.26 Å². The Morgan fingerprint density at radius 3 is 2.69 bits per heavy atom. The second-order valence-corrected chi connectivity index (χ2v) is 3.84. The minimum atomic E-state index is 0.331. The average Bonchev–Trinajstić information content (AvgIpc) is 2.34. The first-order chi connectivity index (χ1) is 7.77. The summed E-state index contributed by atoms with van der Waals surface area (Å²) in [7, 11) is 0. The molecule has 84 valence electrons. The van der Waals surface area contributed by atoms with E-state index in [0.29, 0.717) is 11.6 Å². The van der Waals surface area contributed by atoms with Gasteiger partial charge in [0.1, 0.15) is 0 Å². The van der Waals surface area contributed by atoms with Crippen LogP contribution in [0, 0.1) is 11.3 Å². The largest absolute Gasteiger partial charge is 0.310 e. The van der Waals surface area contributed by atoms with E-state index in [0.717, 1.165) is 19.4 Å². The van der Waals surface area contributed by atoms with Crippen LogP contribution in [0.15, 0.2) is 36.9 Å². The quantitative estimate of drug-likeness (QED) is 0.583. The highest BCUT2D eigenvalue weighted by atomic mass is 14.9. The summed E-state index contributed by atoms with van der Waals surface area (Å²) in [5, 5.41) is 12.1. The predicted octanol–water partition coefficient (Wildman–Crippen LogP) is 3.18. The molecule has 0 fully saturated rings. The van der Waals surface area contributed by atoms with E-state index in [1.807, 2.05) is 30.3 Å². The molecule has 0 bridgehead atoms. The summed E-state index contributed by atoms with van der Waals surface area (Å²) >= 11 is 0. The summed E-state index contributed by atoms with van der Waals surface area (Å²) in [5.41, 5.74) is 1.93. The van der Waals surface area contributed by atoms with Gasteiger partial charge in [-0.3, -0.25) is 0 Å². The average molecular weight is 214 g/mol. The van der Waals surface area contributed by atoms with Crippen LogP contribution in [-0.4, -0.2) is 6.54 Å². The molecule has 1 N–H and O–H groups in total. The number of hydrogen-bond donors (Lipinski definition) is 1. The van der Waals surface area contributed by atoms with Crippen molar-refractivity contribution >= 4 is 0 Å². The number of nitriles is 1. The molecule has 1 unspecified atom stereocenters. The number of allylic oxidation sites excluding steroid dienone is 1. The lowest BCUT2D eigenvalue weighted by molar-refractivity contribution is 0.561. The zero-order valence-corrected chi connectivity index (χ0v) is 9.74. The molecular weight excluding hydrogens is 196 g/mol. The maximum absolute atomic E-state index is 8.69. The molecule has 1 aromatic rings. The van der Waals surface area contributed by atoms with Crippen molar-refractivity contribution in [3.63, 3.8) is 0 Å². The van der Waals surface area contributed by atoms with Gasteiger partial charge in [0.15, 0.2) is 0 Å². The van der Waals surface area contributed by atoms with E-state index >= 15 is 0 Å². The van der Waals surface area contributed by atoms with Crippen molar-refractivity contribution < 1.29 is 0 Å². The van der Waals surface area contributed by atoms with Crippen molar-refractivity contribution in [1.82, 2.24) is 5.32 Å². The molecule has 0 aliphatic rings. The van der Waals surface area contributed by atoms with Crippen molar-refractivity contribution in [3.05, 3.63) is 48.0 Å². The molecule has 1 rings (SSSR count). The third kappa shape index (κ3) is 3.88. The summed E-state index contributed by atoms with van der Waals surface area (Å²) < 4.78 is 0. The molecule has 0 aromatic heterocycles. The Kier molecular flexibility index (Phi) is 5.31. The topological polar surface area (TPSA) is 35.8 Å². The highest BCUT2D eigenvalue weighted by Gasteiger charge is 2.03. The Labute approximate surface area is 97.6 Å². The summed E-state index contributed by atoms with van der Waals surface area (Å²) in [6, 6.07) is 10.2. The second-order valence-electron chi connectivity index (χ2n) is 3.84. The zero-order valence-electron chi connectivity index (χ0n) is 9.74. The van der Waals surface area contributed by atoms with Crippen LogP contribution in [0.3, 0.4) is 0 Å².